The van der Waals surface area contributed by atoms with Crippen LogP contribution in [0.1, 0.15) is 25.5 Å². The third kappa shape index (κ3) is 2.10. The maximum absolute atomic E-state index is 12.1. The fourth-order valence-electron chi connectivity index (χ4n) is 2.39. The summed E-state index contributed by atoms with van der Waals surface area (Å²) in [5.41, 5.74) is 1.00. The van der Waals surface area contributed by atoms with Crippen molar-refractivity contribution in [3.8, 4) is 0 Å². The number of rotatable bonds is 3. The zero-order chi connectivity index (χ0) is 13.3. The van der Waals surface area contributed by atoms with Crippen LogP contribution in [0, 0.1) is 5.92 Å². The number of likely N-dealkylation sites (N-methyl/N-ethyl adjacent to an activating group) is 1. The molecule has 0 N–H and O–H groups in total. The first-order chi connectivity index (χ1) is 8.52. The van der Waals surface area contributed by atoms with E-state index in [4.69, 9.17) is 0 Å². The predicted molar refractivity (Wildman–Crippen MR) is 68.9 cm³/mol. The standard InChI is InChI=1S/C14H18N2O2/c1-10(2)13(11-7-5-4-6-8-11)16-12(17)9-15(3)14(16)18/h4-8,10,13H,9H2,1-3H3. The first kappa shape index (κ1) is 12.6. The van der Waals surface area contributed by atoms with Crippen LogP contribution in [0.25, 0.3) is 0 Å². The first-order valence-corrected chi connectivity index (χ1v) is 6.14. The Morgan fingerprint density at radius 1 is 1.11 bits per heavy atom. The van der Waals surface area contributed by atoms with Crippen LogP contribution in [0.3, 0.4) is 0 Å². The highest BCUT2D eigenvalue weighted by atomic mass is 16.2. The van der Waals surface area contributed by atoms with Crippen molar-refractivity contribution >= 4 is 11.9 Å². The molecule has 2 rings (SSSR count). The molecule has 18 heavy (non-hydrogen) atoms. The third-order valence-corrected chi connectivity index (χ3v) is 3.22. The fraction of sp³-hybridized carbons (Fsp3) is 0.429. The highest BCUT2D eigenvalue weighted by Crippen LogP contribution is 2.31. The van der Waals surface area contributed by atoms with Crippen molar-refractivity contribution in [2.45, 2.75) is 19.9 Å². The smallest absolute Gasteiger partial charge is 0.318 e. The van der Waals surface area contributed by atoms with E-state index in [1.165, 1.54) is 9.80 Å². The molecule has 1 heterocycles. The average molecular weight is 246 g/mol. The van der Waals surface area contributed by atoms with E-state index < -0.39 is 0 Å². The van der Waals surface area contributed by atoms with Crippen LogP contribution in [0.4, 0.5) is 4.79 Å². The number of urea groups is 1. The molecule has 1 aromatic rings. The van der Waals surface area contributed by atoms with Gasteiger partial charge >= 0.3 is 6.03 Å². The number of hydrogen-bond donors (Lipinski definition) is 0. The third-order valence-electron chi connectivity index (χ3n) is 3.22. The summed E-state index contributed by atoms with van der Waals surface area (Å²) in [5, 5.41) is 0. The number of nitrogens with zero attached hydrogens (tertiary/aromatic N) is 2. The van der Waals surface area contributed by atoms with Crippen molar-refractivity contribution < 1.29 is 9.59 Å². The molecule has 0 spiro atoms. The van der Waals surface area contributed by atoms with Crippen LogP contribution in [-0.2, 0) is 4.79 Å². The SMILES string of the molecule is CC(C)C(c1ccccc1)N1C(=O)CN(C)C1=O. The van der Waals surface area contributed by atoms with Gasteiger partial charge in [-0.1, -0.05) is 44.2 Å². The zero-order valence-electron chi connectivity index (χ0n) is 11.0. The zero-order valence-corrected chi connectivity index (χ0v) is 11.0. The van der Waals surface area contributed by atoms with E-state index in [1.54, 1.807) is 7.05 Å². The van der Waals surface area contributed by atoms with Gasteiger partial charge in [-0.3, -0.25) is 9.69 Å². The molecule has 1 unspecified atom stereocenters. The van der Waals surface area contributed by atoms with Gasteiger partial charge in [0.25, 0.3) is 5.91 Å². The molecule has 0 aromatic heterocycles. The summed E-state index contributed by atoms with van der Waals surface area (Å²) in [6, 6.07) is 9.32. The Labute approximate surface area is 107 Å². The summed E-state index contributed by atoms with van der Waals surface area (Å²) in [6.45, 7) is 4.22. The lowest BCUT2D eigenvalue weighted by atomic mass is 9.95. The van der Waals surface area contributed by atoms with E-state index >= 15 is 0 Å². The Kier molecular flexibility index (Phi) is 3.36. The Bertz CT molecular complexity index is 456. The van der Waals surface area contributed by atoms with Crippen molar-refractivity contribution in [2.75, 3.05) is 13.6 Å². The Morgan fingerprint density at radius 2 is 1.72 bits per heavy atom. The largest absolute Gasteiger partial charge is 0.327 e. The van der Waals surface area contributed by atoms with Gasteiger partial charge in [0, 0.05) is 7.05 Å². The normalized spacial score (nSPS) is 17.8. The van der Waals surface area contributed by atoms with Crippen LogP contribution in [-0.4, -0.2) is 35.3 Å². The molecule has 3 amide bonds. The lowest BCUT2D eigenvalue weighted by molar-refractivity contribution is -0.127. The van der Waals surface area contributed by atoms with Gasteiger partial charge in [-0.2, -0.15) is 0 Å². The highest BCUT2D eigenvalue weighted by molar-refractivity contribution is 6.02. The van der Waals surface area contributed by atoms with Crippen LogP contribution in [0.5, 0.6) is 0 Å². The lowest BCUT2D eigenvalue weighted by Gasteiger charge is -2.29. The molecular formula is C14H18N2O2. The van der Waals surface area contributed by atoms with Crippen LogP contribution < -0.4 is 0 Å². The quantitative estimate of drug-likeness (QED) is 0.768. The van der Waals surface area contributed by atoms with Crippen molar-refractivity contribution in [1.82, 2.24) is 9.80 Å². The van der Waals surface area contributed by atoms with Crippen molar-refractivity contribution in [1.29, 1.82) is 0 Å². The molecule has 1 saturated heterocycles. The highest BCUT2D eigenvalue weighted by Gasteiger charge is 2.40. The minimum absolute atomic E-state index is 0.120. The fourth-order valence-corrected chi connectivity index (χ4v) is 2.39. The molecule has 0 radical (unpaired) electrons. The summed E-state index contributed by atoms with van der Waals surface area (Å²) < 4.78 is 0. The summed E-state index contributed by atoms with van der Waals surface area (Å²) in [6.07, 6.45) is 0. The van der Waals surface area contributed by atoms with Gasteiger partial charge in [0.2, 0.25) is 0 Å². The van der Waals surface area contributed by atoms with E-state index in [0.29, 0.717) is 0 Å². The molecule has 0 aliphatic carbocycles. The second-order valence-corrected chi connectivity index (χ2v) is 5.00. The van der Waals surface area contributed by atoms with Gasteiger partial charge in [0.15, 0.2) is 0 Å². The molecule has 1 aromatic carbocycles. The minimum atomic E-state index is -0.206. The van der Waals surface area contributed by atoms with E-state index in [0.717, 1.165) is 5.56 Å². The molecule has 1 aliphatic rings. The number of carbonyl (C=O) groups excluding carboxylic acids is 2. The van der Waals surface area contributed by atoms with Gasteiger partial charge in [0.1, 0.15) is 6.54 Å². The first-order valence-electron chi connectivity index (χ1n) is 6.14. The molecule has 0 bridgehead atoms. The van der Waals surface area contributed by atoms with Gasteiger partial charge < -0.3 is 4.90 Å². The molecule has 96 valence electrons. The molecule has 1 atom stereocenters. The maximum atomic E-state index is 12.1. The molecule has 1 fully saturated rings. The number of carbonyl (C=O) groups is 2. The second kappa shape index (κ2) is 4.80. The molecular weight excluding hydrogens is 228 g/mol. The molecule has 0 saturated carbocycles. The van der Waals surface area contributed by atoms with E-state index in [-0.39, 0.29) is 30.4 Å². The Balaban J connectivity index is 2.38. The van der Waals surface area contributed by atoms with Crippen molar-refractivity contribution in [2.24, 2.45) is 5.92 Å². The number of benzene rings is 1. The van der Waals surface area contributed by atoms with Gasteiger partial charge in [0.05, 0.1) is 6.04 Å². The molecule has 4 nitrogen and oxygen atoms in total. The predicted octanol–water partition coefficient (Wildman–Crippen LogP) is 2.28. The molecule has 4 heteroatoms. The van der Waals surface area contributed by atoms with Gasteiger partial charge in [-0.15, -0.1) is 0 Å². The van der Waals surface area contributed by atoms with Crippen molar-refractivity contribution in [3.05, 3.63) is 35.9 Å². The lowest BCUT2D eigenvalue weighted by Crippen LogP contribution is -2.37. The number of imide groups is 1. The van der Waals surface area contributed by atoms with Gasteiger partial charge in [-0.05, 0) is 11.5 Å². The summed E-state index contributed by atoms with van der Waals surface area (Å²) in [4.78, 5) is 26.9. The monoisotopic (exact) mass is 246 g/mol. The van der Waals surface area contributed by atoms with Crippen LogP contribution in [0.2, 0.25) is 0 Å². The minimum Gasteiger partial charge on any atom is -0.318 e. The average Bonchev–Trinajstić information content (AvgIpc) is 2.57. The molecule has 1 aliphatic heterocycles. The van der Waals surface area contributed by atoms with E-state index in [1.807, 2.05) is 44.2 Å². The van der Waals surface area contributed by atoms with E-state index in [2.05, 4.69) is 0 Å². The maximum Gasteiger partial charge on any atom is 0.327 e. The summed E-state index contributed by atoms with van der Waals surface area (Å²) in [5.74, 6) is 0.0665. The topological polar surface area (TPSA) is 40.6 Å². The Morgan fingerprint density at radius 3 is 2.17 bits per heavy atom. The summed E-state index contributed by atoms with van der Waals surface area (Å²) >= 11 is 0. The van der Waals surface area contributed by atoms with E-state index in [9.17, 15) is 9.59 Å². The number of amides is 3. The van der Waals surface area contributed by atoms with Crippen molar-refractivity contribution in [3.63, 3.8) is 0 Å². The van der Waals surface area contributed by atoms with Crippen LogP contribution in [0.15, 0.2) is 30.3 Å². The second-order valence-electron chi connectivity index (χ2n) is 5.00. The number of hydrogen-bond acceptors (Lipinski definition) is 2. The van der Waals surface area contributed by atoms with Crippen LogP contribution >= 0.6 is 0 Å². The Hall–Kier alpha value is -1.84. The summed E-state index contributed by atoms with van der Waals surface area (Å²) in [7, 11) is 1.66. The van der Waals surface area contributed by atoms with Gasteiger partial charge in [-0.25, -0.2) is 4.79 Å².